The lowest BCUT2D eigenvalue weighted by molar-refractivity contribution is 0.0734. The van der Waals surface area contributed by atoms with Crippen LogP contribution in [0.2, 0.25) is 0 Å². The van der Waals surface area contributed by atoms with Gasteiger partial charge in [-0.15, -0.1) is 0 Å². The molecule has 0 aromatic heterocycles. The molecule has 0 fully saturated rings. The number of rotatable bonds is 8. The van der Waals surface area contributed by atoms with Gasteiger partial charge in [0, 0.05) is 5.56 Å². The van der Waals surface area contributed by atoms with Crippen LogP contribution >= 0.6 is 0 Å². The van der Waals surface area contributed by atoms with Crippen molar-refractivity contribution in [2.45, 2.75) is 0 Å². The molecule has 0 unspecified atom stereocenters. The number of methoxy groups -OCH3 is 3. The van der Waals surface area contributed by atoms with E-state index in [4.69, 9.17) is 18.9 Å². The maximum atomic E-state index is 12.4. The minimum atomic E-state index is -0.515. The number of hydrogen-bond acceptors (Lipinski definition) is 6. The van der Waals surface area contributed by atoms with Gasteiger partial charge in [0.1, 0.15) is 11.5 Å². The van der Waals surface area contributed by atoms with Gasteiger partial charge in [-0.2, -0.15) is 0 Å². The molecule has 0 atom stereocenters. The summed E-state index contributed by atoms with van der Waals surface area (Å²) < 4.78 is 20.9. The van der Waals surface area contributed by atoms with E-state index in [9.17, 15) is 9.59 Å². The van der Waals surface area contributed by atoms with Crippen molar-refractivity contribution in [1.29, 1.82) is 0 Å². The van der Waals surface area contributed by atoms with Crippen LogP contribution in [0.3, 0.4) is 0 Å². The third-order valence-corrected chi connectivity index (χ3v) is 4.51. The summed E-state index contributed by atoms with van der Waals surface area (Å²) in [5.74, 6) is 1.42. The van der Waals surface area contributed by atoms with E-state index in [1.807, 2.05) is 0 Å². The van der Waals surface area contributed by atoms with E-state index in [0.717, 1.165) is 5.56 Å². The summed E-state index contributed by atoms with van der Waals surface area (Å²) in [4.78, 5) is 24.7. The molecule has 31 heavy (non-hydrogen) atoms. The Kier molecular flexibility index (Phi) is 7.06. The monoisotopic (exact) mass is 418 g/mol. The molecule has 3 aromatic rings. The summed E-state index contributed by atoms with van der Waals surface area (Å²) in [5, 5.41) is 0. The second kappa shape index (κ2) is 10.1. The van der Waals surface area contributed by atoms with Gasteiger partial charge in [-0.3, -0.25) is 4.79 Å². The average Bonchev–Trinajstić information content (AvgIpc) is 2.82. The Morgan fingerprint density at radius 1 is 0.677 bits per heavy atom. The molecule has 0 saturated carbocycles. The van der Waals surface area contributed by atoms with Crippen molar-refractivity contribution in [1.82, 2.24) is 0 Å². The van der Waals surface area contributed by atoms with Crippen LogP contribution in [0.1, 0.15) is 26.3 Å². The predicted molar refractivity (Wildman–Crippen MR) is 117 cm³/mol. The molecule has 3 aromatic carbocycles. The molecule has 0 amide bonds. The number of carbonyl (C=O) groups excluding carboxylic acids is 2. The lowest BCUT2D eigenvalue weighted by Crippen LogP contribution is -2.08. The molecule has 6 nitrogen and oxygen atoms in total. The standard InChI is InChI=1S/C25H22O6/c1-28-20-12-7-18(8-13-20)22(26)14-6-17-4-10-21(11-5-17)31-25(27)19-9-15-23(29-2)24(16-19)30-3/h4-16H,1-3H3. The summed E-state index contributed by atoms with van der Waals surface area (Å²) in [6.07, 6.45) is 3.19. The van der Waals surface area contributed by atoms with Crippen LogP contribution in [0.15, 0.2) is 72.8 Å². The molecular formula is C25H22O6. The predicted octanol–water partition coefficient (Wildman–Crippen LogP) is 4.83. The highest BCUT2D eigenvalue weighted by Crippen LogP contribution is 2.28. The van der Waals surface area contributed by atoms with Crippen molar-refractivity contribution in [3.63, 3.8) is 0 Å². The molecule has 0 aliphatic carbocycles. The quantitative estimate of drug-likeness (QED) is 0.226. The molecular weight excluding hydrogens is 396 g/mol. The number of ketones is 1. The van der Waals surface area contributed by atoms with Gasteiger partial charge in [0.05, 0.1) is 26.9 Å². The molecule has 0 radical (unpaired) electrons. The second-order valence-electron chi connectivity index (χ2n) is 6.45. The normalized spacial score (nSPS) is 10.5. The summed E-state index contributed by atoms with van der Waals surface area (Å²) in [5.41, 5.74) is 1.71. The molecule has 6 heteroatoms. The van der Waals surface area contributed by atoms with Gasteiger partial charge < -0.3 is 18.9 Å². The molecule has 0 saturated heterocycles. The van der Waals surface area contributed by atoms with E-state index >= 15 is 0 Å². The lowest BCUT2D eigenvalue weighted by atomic mass is 10.1. The minimum absolute atomic E-state index is 0.119. The fraction of sp³-hybridized carbons (Fsp3) is 0.120. The Labute approximate surface area is 180 Å². The number of esters is 1. The summed E-state index contributed by atoms with van der Waals surface area (Å²) >= 11 is 0. The van der Waals surface area contributed by atoms with E-state index in [-0.39, 0.29) is 5.78 Å². The summed E-state index contributed by atoms with van der Waals surface area (Å²) in [6.45, 7) is 0. The Morgan fingerprint density at radius 3 is 1.90 bits per heavy atom. The van der Waals surface area contributed by atoms with Crippen molar-refractivity contribution in [2.75, 3.05) is 21.3 Å². The van der Waals surface area contributed by atoms with Crippen LogP contribution in [-0.2, 0) is 0 Å². The van der Waals surface area contributed by atoms with Gasteiger partial charge in [0.15, 0.2) is 17.3 Å². The average molecular weight is 418 g/mol. The van der Waals surface area contributed by atoms with Crippen LogP contribution in [0.4, 0.5) is 0 Å². The van der Waals surface area contributed by atoms with Crippen LogP contribution in [0, 0.1) is 0 Å². The van der Waals surface area contributed by atoms with E-state index < -0.39 is 5.97 Å². The largest absolute Gasteiger partial charge is 0.497 e. The zero-order chi connectivity index (χ0) is 22.2. The number of benzene rings is 3. The highest BCUT2D eigenvalue weighted by atomic mass is 16.5. The number of hydrogen-bond donors (Lipinski definition) is 0. The smallest absolute Gasteiger partial charge is 0.343 e. The molecule has 3 rings (SSSR count). The van der Waals surface area contributed by atoms with Crippen LogP contribution in [0.5, 0.6) is 23.0 Å². The van der Waals surface area contributed by atoms with Crippen molar-refractivity contribution in [2.24, 2.45) is 0 Å². The second-order valence-corrected chi connectivity index (χ2v) is 6.45. The molecule has 0 aliphatic rings. The Bertz CT molecular complexity index is 1080. The Hall–Kier alpha value is -4.06. The van der Waals surface area contributed by atoms with Gasteiger partial charge in [-0.05, 0) is 66.2 Å². The van der Waals surface area contributed by atoms with Gasteiger partial charge >= 0.3 is 5.97 Å². The first-order chi connectivity index (χ1) is 15.0. The first-order valence-corrected chi connectivity index (χ1v) is 9.45. The molecule has 0 bridgehead atoms. The third kappa shape index (κ3) is 5.51. The van der Waals surface area contributed by atoms with Crippen molar-refractivity contribution >= 4 is 17.8 Å². The fourth-order valence-electron chi connectivity index (χ4n) is 2.80. The maximum absolute atomic E-state index is 12.4. The SMILES string of the molecule is COc1ccc(C(=O)C=Cc2ccc(OC(=O)c3ccc(OC)c(OC)c3)cc2)cc1. The van der Waals surface area contributed by atoms with Gasteiger partial charge in [-0.25, -0.2) is 4.79 Å². The lowest BCUT2D eigenvalue weighted by Gasteiger charge is -2.09. The van der Waals surface area contributed by atoms with E-state index in [2.05, 4.69) is 0 Å². The molecule has 0 aliphatic heterocycles. The fourth-order valence-corrected chi connectivity index (χ4v) is 2.80. The minimum Gasteiger partial charge on any atom is -0.497 e. The maximum Gasteiger partial charge on any atom is 0.343 e. The van der Waals surface area contributed by atoms with E-state index in [1.165, 1.54) is 20.3 Å². The van der Waals surface area contributed by atoms with Crippen LogP contribution in [-0.4, -0.2) is 33.1 Å². The molecule has 0 N–H and O–H groups in total. The van der Waals surface area contributed by atoms with Crippen molar-refractivity contribution < 1.29 is 28.5 Å². The molecule has 0 heterocycles. The Balaban J connectivity index is 1.63. The molecule has 158 valence electrons. The number of allylic oxidation sites excluding steroid dienone is 1. The van der Waals surface area contributed by atoms with Crippen LogP contribution < -0.4 is 18.9 Å². The van der Waals surface area contributed by atoms with Gasteiger partial charge in [0.2, 0.25) is 0 Å². The van der Waals surface area contributed by atoms with Gasteiger partial charge in [0.25, 0.3) is 0 Å². The first kappa shape index (κ1) is 21.6. The summed E-state index contributed by atoms with van der Waals surface area (Å²) in [7, 11) is 4.60. The van der Waals surface area contributed by atoms with Crippen molar-refractivity contribution in [3.05, 3.63) is 89.5 Å². The summed E-state index contributed by atoms with van der Waals surface area (Å²) in [6, 6.07) is 18.5. The highest BCUT2D eigenvalue weighted by molar-refractivity contribution is 6.06. The highest BCUT2D eigenvalue weighted by Gasteiger charge is 2.13. The topological polar surface area (TPSA) is 71.1 Å². The number of ether oxygens (including phenoxy) is 4. The van der Waals surface area contributed by atoms with Crippen LogP contribution in [0.25, 0.3) is 6.08 Å². The zero-order valence-corrected chi connectivity index (χ0v) is 17.5. The number of carbonyl (C=O) groups is 2. The Morgan fingerprint density at radius 2 is 1.29 bits per heavy atom. The van der Waals surface area contributed by atoms with E-state index in [0.29, 0.717) is 34.1 Å². The zero-order valence-electron chi connectivity index (χ0n) is 17.5. The first-order valence-electron chi connectivity index (χ1n) is 9.45. The molecule has 0 spiro atoms. The van der Waals surface area contributed by atoms with Crippen molar-refractivity contribution in [3.8, 4) is 23.0 Å². The third-order valence-electron chi connectivity index (χ3n) is 4.51. The van der Waals surface area contributed by atoms with E-state index in [1.54, 1.807) is 79.9 Å². The van der Waals surface area contributed by atoms with Gasteiger partial charge in [-0.1, -0.05) is 18.2 Å².